The van der Waals surface area contributed by atoms with E-state index in [2.05, 4.69) is 105 Å². The lowest BCUT2D eigenvalue weighted by Crippen LogP contribution is -2.14. The Labute approximate surface area is 296 Å². The fourth-order valence-corrected chi connectivity index (χ4v) is 7.96. The summed E-state index contributed by atoms with van der Waals surface area (Å²) in [6.45, 7) is 4.70. The maximum Gasteiger partial charge on any atom is 0.165 e. The quantitative estimate of drug-likeness (QED) is 0.178. The van der Waals surface area contributed by atoms with E-state index >= 15 is 0 Å². The molecule has 0 radical (unpaired) electrons. The van der Waals surface area contributed by atoms with E-state index in [1.54, 1.807) is 0 Å². The molecule has 0 fully saturated rings. The largest absolute Gasteiger partial charge is 0.255 e. The molecule has 0 unspecified atom stereocenters. The van der Waals surface area contributed by atoms with Crippen molar-refractivity contribution in [3.63, 3.8) is 0 Å². The summed E-state index contributed by atoms with van der Waals surface area (Å²) in [7, 11) is 0. The molecule has 0 atom stereocenters. The Morgan fingerprint density at radius 1 is 0.431 bits per heavy atom. The summed E-state index contributed by atoms with van der Waals surface area (Å²) < 4.78 is 0. The lowest BCUT2D eigenvalue weighted by atomic mass is 9.81. The molecule has 0 N–H and O–H groups in total. The van der Waals surface area contributed by atoms with E-state index in [1.165, 1.54) is 54.6 Å². The number of rotatable bonds is 4. The van der Waals surface area contributed by atoms with Gasteiger partial charge in [0.15, 0.2) is 17.5 Å². The molecule has 240 valence electrons. The molecule has 51 heavy (non-hydrogen) atoms. The Hall–Kier alpha value is -6.52. The van der Waals surface area contributed by atoms with Gasteiger partial charge in [-0.25, -0.2) is 15.0 Å². The SMILES string of the molecule is CC1(C)c2ccccc2-c2c1ccc1ccc3ccc4cc(-c5ccc(-c6nc(-c7ccccc7)nc(-c7ccccc7)n6)cn5)ccc4c3c21. The Morgan fingerprint density at radius 3 is 1.67 bits per heavy atom. The highest BCUT2D eigenvalue weighted by atomic mass is 15.0. The van der Waals surface area contributed by atoms with Crippen LogP contribution in [0.4, 0.5) is 0 Å². The number of nitrogens with zero attached hydrogens (tertiary/aromatic N) is 4. The van der Waals surface area contributed by atoms with Crippen molar-refractivity contribution in [3.05, 3.63) is 169 Å². The Kier molecular flexibility index (Phi) is 6.49. The average molecular weight is 653 g/mol. The van der Waals surface area contributed by atoms with Crippen LogP contribution in [0.25, 0.3) is 88.9 Å². The number of hydrogen-bond donors (Lipinski definition) is 0. The third-order valence-corrected chi connectivity index (χ3v) is 10.5. The second-order valence-corrected chi connectivity index (χ2v) is 13.9. The lowest BCUT2D eigenvalue weighted by Gasteiger charge is -2.21. The maximum atomic E-state index is 4.94. The molecule has 0 spiro atoms. The highest BCUT2D eigenvalue weighted by Gasteiger charge is 2.36. The first-order chi connectivity index (χ1) is 25.0. The third kappa shape index (κ3) is 4.68. The highest BCUT2D eigenvalue weighted by molar-refractivity contribution is 6.25. The van der Waals surface area contributed by atoms with Crippen molar-refractivity contribution in [2.24, 2.45) is 0 Å². The molecule has 0 bridgehead atoms. The van der Waals surface area contributed by atoms with Gasteiger partial charge in [0.2, 0.25) is 0 Å². The summed E-state index contributed by atoms with van der Waals surface area (Å²) >= 11 is 0. The minimum absolute atomic E-state index is 0.0502. The molecule has 0 aliphatic heterocycles. The average Bonchev–Trinajstić information content (AvgIpc) is 3.44. The minimum atomic E-state index is -0.0502. The van der Waals surface area contributed by atoms with Gasteiger partial charge in [0.05, 0.1) is 5.69 Å². The number of fused-ring (bicyclic) bond motifs is 9. The second-order valence-electron chi connectivity index (χ2n) is 13.9. The zero-order valence-electron chi connectivity index (χ0n) is 28.3. The van der Waals surface area contributed by atoms with Crippen LogP contribution in [0.3, 0.4) is 0 Å². The third-order valence-electron chi connectivity index (χ3n) is 10.5. The fraction of sp³-hybridized carbons (Fsp3) is 0.0638. The Balaban J connectivity index is 1.08. The van der Waals surface area contributed by atoms with Crippen molar-refractivity contribution in [2.75, 3.05) is 0 Å². The topological polar surface area (TPSA) is 51.6 Å². The van der Waals surface area contributed by atoms with Crippen molar-refractivity contribution < 1.29 is 0 Å². The van der Waals surface area contributed by atoms with Gasteiger partial charge in [0.1, 0.15) is 0 Å². The van der Waals surface area contributed by atoms with Crippen LogP contribution in [0, 0.1) is 0 Å². The molecule has 9 aromatic rings. The first-order valence-corrected chi connectivity index (χ1v) is 17.4. The van der Waals surface area contributed by atoms with Crippen molar-refractivity contribution in [1.29, 1.82) is 0 Å². The minimum Gasteiger partial charge on any atom is -0.255 e. The summed E-state index contributed by atoms with van der Waals surface area (Å²) in [6.07, 6.45) is 1.87. The molecule has 0 saturated heterocycles. The molecular weight excluding hydrogens is 621 g/mol. The molecule has 4 nitrogen and oxygen atoms in total. The molecular formula is C47H32N4. The number of aromatic nitrogens is 4. The van der Waals surface area contributed by atoms with Gasteiger partial charge >= 0.3 is 0 Å². The van der Waals surface area contributed by atoms with Crippen LogP contribution in [-0.4, -0.2) is 19.9 Å². The van der Waals surface area contributed by atoms with Crippen molar-refractivity contribution in [3.8, 4) is 56.5 Å². The van der Waals surface area contributed by atoms with Crippen LogP contribution in [0.2, 0.25) is 0 Å². The Bertz CT molecular complexity index is 2750. The summed E-state index contributed by atoms with van der Waals surface area (Å²) in [5.74, 6) is 1.86. The molecule has 1 aliphatic rings. The van der Waals surface area contributed by atoms with E-state index in [1.807, 2.05) is 66.9 Å². The molecule has 4 heteroatoms. The summed E-state index contributed by atoms with van der Waals surface area (Å²) in [5, 5.41) is 7.61. The van der Waals surface area contributed by atoms with E-state index in [4.69, 9.17) is 19.9 Å². The van der Waals surface area contributed by atoms with Gasteiger partial charge in [-0.15, -0.1) is 0 Å². The van der Waals surface area contributed by atoms with Crippen LogP contribution in [0.5, 0.6) is 0 Å². The van der Waals surface area contributed by atoms with Gasteiger partial charge in [-0.2, -0.15) is 0 Å². The predicted octanol–water partition coefficient (Wildman–Crippen LogP) is 11.7. The van der Waals surface area contributed by atoms with E-state index < -0.39 is 0 Å². The molecule has 7 aromatic carbocycles. The van der Waals surface area contributed by atoms with Gasteiger partial charge in [0, 0.05) is 33.9 Å². The van der Waals surface area contributed by atoms with Gasteiger partial charge in [0.25, 0.3) is 0 Å². The van der Waals surface area contributed by atoms with Gasteiger partial charge in [-0.1, -0.05) is 147 Å². The Morgan fingerprint density at radius 2 is 1.00 bits per heavy atom. The molecule has 0 saturated carbocycles. The second kappa shape index (κ2) is 11.3. The van der Waals surface area contributed by atoms with Crippen molar-refractivity contribution in [1.82, 2.24) is 19.9 Å². The van der Waals surface area contributed by atoms with Crippen LogP contribution in [0.15, 0.2) is 158 Å². The first-order valence-electron chi connectivity index (χ1n) is 17.4. The number of pyridine rings is 1. The molecule has 1 aliphatic carbocycles. The zero-order valence-corrected chi connectivity index (χ0v) is 28.3. The summed E-state index contributed by atoms with van der Waals surface area (Å²) in [4.78, 5) is 19.5. The van der Waals surface area contributed by atoms with E-state index in [0.717, 1.165) is 27.9 Å². The summed E-state index contributed by atoms with van der Waals surface area (Å²) in [5.41, 5.74) is 10.1. The van der Waals surface area contributed by atoms with Crippen molar-refractivity contribution >= 4 is 32.3 Å². The molecule has 2 aromatic heterocycles. The number of hydrogen-bond acceptors (Lipinski definition) is 4. The fourth-order valence-electron chi connectivity index (χ4n) is 7.96. The van der Waals surface area contributed by atoms with Crippen LogP contribution < -0.4 is 0 Å². The van der Waals surface area contributed by atoms with Crippen LogP contribution in [0.1, 0.15) is 25.0 Å². The zero-order chi connectivity index (χ0) is 34.1. The smallest absolute Gasteiger partial charge is 0.165 e. The van der Waals surface area contributed by atoms with Crippen LogP contribution >= 0.6 is 0 Å². The standard InChI is InChI=1S/C47H32N4/c1-47(2)38-16-10-9-15-37(38)43-39(47)25-22-30-18-17-29-19-20-33-27-34(21-24-36(33)41(29)42(30)43)40-26-23-35(28-48-40)46-50-44(31-11-5-3-6-12-31)49-45(51-46)32-13-7-4-8-14-32/h3-28H,1-2H3. The predicted molar refractivity (Wildman–Crippen MR) is 209 cm³/mol. The van der Waals surface area contributed by atoms with E-state index in [0.29, 0.717) is 17.5 Å². The number of benzene rings is 7. The normalized spacial score (nSPS) is 13.1. The van der Waals surface area contributed by atoms with Crippen molar-refractivity contribution in [2.45, 2.75) is 19.3 Å². The van der Waals surface area contributed by atoms with E-state index in [9.17, 15) is 0 Å². The molecule has 10 rings (SSSR count). The highest BCUT2D eigenvalue weighted by Crippen LogP contribution is 2.52. The monoisotopic (exact) mass is 652 g/mol. The van der Waals surface area contributed by atoms with Gasteiger partial charge in [-0.3, -0.25) is 4.98 Å². The van der Waals surface area contributed by atoms with E-state index in [-0.39, 0.29) is 5.41 Å². The molecule has 2 heterocycles. The maximum absolute atomic E-state index is 4.94. The van der Waals surface area contributed by atoms with Gasteiger partial charge < -0.3 is 0 Å². The lowest BCUT2D eigenvalue weighted by molar-refractivity contribution is 0.661. The first kappa shape index (κ1) is 29.4. The van der Waals surface area contributed by atoms with Gasteiger partial charge in [-0.05, 0) is 72.8 Å². The summed E-state index contributed by atoms with van der Waals surface area (Å²) in [6, 6.07) is 53.5. The van der Waals surface area contributed by atoms with Crippen LogP contribution in [-0.2, 0) is 5.41 Å². The molecule has 0 amide bonds.